The highest BCUT2D eigenvalue weighted by Crippen LogP contribution is 2.09. The van der Waals surface area contributed by atoms with Crippen LogP contribution in [0.2, 0.25) is 0 Å². The molecule has 1 rings (SSSR count). The van der Waals surface area contributed by atoms with E-state index in [0.29, 0.717) is 12.6 Å². The molecular weight excluding hydrogens is 206 g/mol. The Bertz CT molecular complexity index is 289. The summed E-state index contributed by atoms with van der Waals surface area (Å²) in [5, 5.41) is 16.3. The van der Waals surface area contributed by atoms with Crippen molar-refractivity contribution < 1.29 is 9.84 Å². The molecule has 0 saturated heterocycles. The van der Waals surface area contributed by atoms with E-state index in [4.69, 9.17) is 9.84 Å². The monoisotopic (exact) mass is 227 g/mol. The maximum atomic E-state index is 8.72. The van der Waals surface area contributed by atoms with Crippen molar-refractivity contribution in [1.82, 2.24) is 9.78 Å². The van der Waals surface area contributed by atoms with Gasteiger partial charge in [-0.15, -0.1) is 0 Å². The van der Waals surface area contributed by atoms with E-state index in [-0.39, 0.29) is 6.61 Å². The molecule has 1 aromatic heterocycles. The molecule has 0 aromatic carbocycles. The Morgan fingerprint density at radius 3 is 3.12 bits per heavy atom. The van der Waals surface area contributed by atoms with Crippen molar-refractivity contribution in [3.63, 3.8) is 0 Å². The molecule has 16 heavy (non-hydrogen) atoms. The Hall–Kier alpha value is -1.07. The van der Waals surface area contributed by atoms with Gasteiger partial charge in [-0.2, -0.15) is 5.10 Å². The topological polar surface area (TPSA) is 59.3 Å². The van der Waals surface area contributed by atoms with E-state index < -0.39 is 0 Å². The van der Waals surface area contributed by atoms with Crippen molar-refractivity contribution in [1.29, 1.82) is 0 Å². The number of aromatic nitrogens is 2. The lowest BCUT2D eigenvalue weighted by Gasteiger charge is -2.12. The van der Waals surface area contributed by atoms with Gasteiger partial charge in [-0.05, 0) is 19.8 Å². The zero-order valence-electron chi connectivity index (χ0n) is 10.0. The van der Waals surface area contributed by atoms with Gasteiger partial charge in [-0.1, -0.05) is 0 Å². The Balaban J connectivity index is 2.33. The molecular formula is C11H21N3O2. The predicted octanol–water partition coefficient (Wildman–Crippen LogP) is 1.10. The number of ether oxygens (including phenoxy) is 1. The minimum atomic E-state index is 0.249. The molecule has 0 bridgehead atoms. The Morgan fingerprint density at radius 1 is 1.62 bits per heavy atom. The highest BCUT2D eigenvalue weighted by atomic mass is 16.5. The summed E-state index contributed by atoms with van der Waals surface area (Å²) in [6, 6.07) is 0.354. The molecule has 1 unspecified atom stereocenters. The number of aliphatic hydroxyl groups excluding tert-OH is 1. The third kappa shape index (κ3) is 4.63. The van der Waals surface area contributed by atoms with Crippen LogP contribution in [-0.4, -0.2) is 41.3 Å². The number of hydrogen-bond donors (Lipinski definition) is 2. The molecule has 1 heterocycles. The Labute approximate surface area is 96.4 Å². The fourth-order valence-corrected chi connectivity index (χ4v) is 1.50. The number of aliphatic hydroxyl groups is 1. The third-order valence-corrected chi connectivity index (χ3v) is 2.37. The lowest BCUT2D eigenvalue weighted by molar-refractivity contribution is 0.183. The fraction of sp³-hybridized carbons (Fsp3) is 0.727. The number of hydrogen-bond acceptors (Lipinski definition) is 4. The smallest absolute Gasteiger partial charge is 0.0728 e. The minimum absolute atomic E-state index is 0.249. The first-order chi connectivity index (χ1) is 7.76. The average Bonchev–Trinajstić information content (AvgIpc) is 2.71. The van der Waals surface area contributed by atoms with E-state index in [0.717, 1.165) is 25.1 Å². The van der Waals surface area contributed by atoms with E-state index in [1.807, 2.05) is 17.1 Å². The van der Waals surface area contributed by atoms with E-state index in [1.165, 1.54) is 0 Å². The molecule has 1 aromatic rings. The molecule has 0 saturated carbocycles. The van der Waals surface area contributed by atoms with Gasteiger partial charge < -0.3 is 15.2 Å². The van der Waals surface area contributed by atoms with Gasteiger partial charge >= 0.3 is 0 Å². The summed E-state index contributed by atoms with van der Waals surface area (Å²) in [7, 11) is 1.68. The van der Waals surface area contributed by atoms with Crippen LogP contribution < -0.4 is 5.32 Å². The van der Waals surface area contributed by atoms with Gasteiger partial charge in [0.25, 0.3) is 0 Å². The normalized spacial score (nSPS) is 12.7. The van der Waals surface area contributed by atoms with Gasteiger partial charge in [-0.25, -0.2) is 0 Å². The summed E-state index contributed by atoms with van der Waals surface area (Å²) in [5.74, 6) is 0. The number of nitrogens with one attached hydrogen (secondary N) is 1. The summed E-state index contributed by atoms with van der Waals surface area (Å²) >= 11 is 0. The largest absolute Gasteiger partial charge is 0.396 e. The molecule has 0 aliphatic carbocycles. The van der Waals surface area contributed by atoms with E-state index in [9.17, 15) is 0 Å². The second kappa shape index (κ2) is 7.24. The summed E-state index contributed by atoms with van der Waals surface area (Å²) < 4.78 is 6.83. The molecule has 5 nitrogen and oxygen atoms in total. The van der Waals surface area contributed by atoms with Crippen molar-refractivity contribution in [3.8, 4) is 0 Å². The van der Waals surface area contributed by atoms with Crippen molar-refractivity contribution in [2.45, 2.75) is 32.4 Å². The molecule has 92 valence electrons. The number of methoxy groups -OCH3 is 1. The molecule has 0 spiro atoms. The third-order valence-electron chi connectivity index (χ3n) is 2.37. The van der Waals surface area contributed by atoms with E-state index >= 15 is 0 Å². The van der Waals surface area contributed by atoms with Crippen LogP contribution in [0.15, 0.2) is 12.4 Å². The zero-order chi connectivity index (χ0) is 11.8. The van der Waals surface area contributed by atoms with Gasteiger partial charge in [-0.3, -0.25) is 4.68 Å². The van der Waals surface area contributed by atoms with Gasteiger partial charge in [0.05, 0.1) is 25.0 Å². The molecule has 5 heteroatoms. The van der Waals surface area contributed by atoms with Crippen LogP contribution in [-0.2, 0) is 11.3 Å². The fourth-order valence-electron chi connectivity index (χ4n) is 1.50. The van der Waals surface area contributed by atoms with E-state index in [2.05, 4.69) is 17.3 Å². The summed E-state index contributed by atoms with van der Waals surface area (Å²) in [6.07, 6.45) is 5.56. The number of nitrogens with zero attached hydrogens (tertiary/aromatic N) is 2. The summed E-state index contributed by atoms with van der Waals surface area (Å²) in [6.45, 7) is 3.78. The summed E-state index contributed by atoms with van der Waals surface area (Å²) in [4.78, 5) is 0. The first kappa shape index (κ1) is 13.0. The van der Waals surface area contributed by atoms with Gasteiger partial charge in [0, 0.05) is 26.0 Å². The summed E-state index contributed by atoms with van der Waals surface area (Å²) in [5.41, 5.74) is 1.02. The van der Waals surface area contributed by atoms with Gasteiger partial charge in [0.2, 0.25) is 0 Å². The van der Waals surface area contributed by atoms with Crippen LogP contribution in [0.1, 0.15) is 19.8 Å². The molecule has 0 amide bonds. The molecule has 0 aliphatic heterocycles. The van der Waals surface area contributed by atoms with Crippen LogP contribution in [0.5, 0.6) is 0 Å². The quantitative estimate of drug-likeness (QED) is 0.698. The maximum Gasteiger partial charge on any atom is 0.0728 e. The Morgan fingerprint density at radius 2 is 2.44 bits per heavy atom. The van der Waals surface area contributed by atoms with Gasteiger partial charge in [0.1, 0.15) is 0 Å². The highest BCUT2D eigenvalue weighted by molar-refractivity contribution is 5.38. The highest BCUT2D eigenvalue weighted by Gasteiger charge is 2.03. The second-order valence-corrected chi connectivity index (χ2v) is 3.90. The number of anilines is 1. The first-order valence-electron chi connectivity index (χ1n) is 5.65. The lowest BCUT2D eigenvalue weighted by Crippen LogP contribution is -2.15. The van der Waals surface area contributed by atoms with Crippen LogP contribution in [0.25, 0.3) is 0 Å². The SMILES string of the molecule is COCCn1cc(NC(C)CCCO)cn1. The molecule has 1 atom stereocenters. The molecule has 0 radical (unpaired) electrons. The lowest BCUT2D eigenvalue weighted by atomic mass is 10.2. The standard InChI is InChI=1S/C11H21N3O2/c1-10(4-3-6-15)13-11-8-12-14(9-11)5-7-16-2/h8-10,13,15H,3-7H2,1-2H3. The second-order valence-electron chi connectivity index (χ2n) is 3.90. The predicted molar refractivity (Wildman–Crippen MR) is 63.5 cm³/mol. The molecule has 0 aliphatic rings. The first-order valence-corrected chi connectivity index (χ1v) is 5.65. The van der Waals surface area contributed by atoms with E-state index in [1.54, 1.807) is 7.11 Å². The Kier molecular flexibility index (Phi) is 5.88. The maximum absolute atomic E-state index is 8.72. The van der Waals surface area contributed by atoms with Crippen molar-refractivity contribution >= 4 is 5.69 Å². The average molecular weight is 227 g/mol. The van der Waals surface area contributed by atoms with Crippen LogP contribution in [0.4, 0.5) is 5.69 Å². The zero-order valence-corrected chi connectivity index (χ0v) is 10.0. The molecule has 2 N–H and O–H groups in total. The number of rotatable bonds is 8. The van der Waals surface area contributed by atoms with Crippen LogP contribution in [0, 0.1) is 0 Å². The van der Waals surface area contributed by atoms with Crippen molar-refractivity contribution in [2.24, 2.45) is 0 Å². The van der Waals surface area contributed by atoms with Crippen molar-refractivity contribution in [2.75, 3.05) is 25.6 Å². The van der Waals surface area contributed by atoms with Crippen LogP contribution in [0.3, 0.4) is 0 Å². The van der Waals surface area contributed by atoms with Crippen LogP contribution >= 0.6 is 0 Å². The minimum Gasteiger partial charge on any atom is -0.396 e. The van der Waals surface area contributed by atoms with Crippen molar-refractivity contribution in [3.05, 3.63) is 12.4 Å². The molecule has 0 fully saturated rings. The van der Waals surface area contributed by atoms with Gasteiger partial charge in [0.15, 0.2) is 0 Å².